The summed E-state index contributed by atoms with van der Waals surface area (Å²) in [5.41, 5.74) is -3.80. The van der Waals surface area contributed by atoms with E-state index in [1.807, 2.05) is 0 Å². The monoisotopic (exact) mass is 333 g/mol. The topological polar surface area (TPSA) is 74.7 Å². The number of carbonyl (C=O) groups excluding carboxylic acids is 2. The van der Waals surface area contributed by atoms with Crippen LogP contribution in [0.4, 0.5) is 17.6 Å². The second-order valence-corrected chi connectivity index (χ2v) is 6.09. The van der Waals surface area contributed by atoms with Gasteiger partial charge in [0.1, 0.15) is 6.04 Å². The van der Waals surface area contributed by atoms with Crippen molar-refractivity contribution in [1.82, 2.24) is 4.90 Å². The number of hydrogen-bond acceptors (Lipinski definition) is 3. The zero-order valence-electron chi connectivity index (χ0n) is 12.2. The van der Waals surface area contributed by atoms with Crippen molar-refractivity contribution in [2.45, 2.75) is 26.8 Å². The second-order valence-electron chi connectivity index (χ2n) is 6.09. The molecule has 0 aromatic heterocycles. The first-order chi connectivity index (χ1) is 10.4. The van der Waals surface area contributed by atoms with E-state index in [0.29, 0.717) is 0 Å². The second kappa shape index (κ2) is 5.04. The molecule has 9 heteroatoms. The number of carboxylic acid groups (broad SMARTS) is 1. The van der Waals surface area contributed by atoms with Gasteiger partial charge in [0.15, 0.2) is 23.3 Å². The first kappa shape index (κ1) is 16.9. The molecule has 0 aliphatic carbocycles. The predicted octanol–water partition coefficient (Wildman–Crippen LogP) is 2.34. The molecular formula is C14H11F4NO4. The number of nitrogens with zero attached hydrogens (tertiary/aromatic N) is 1. The van der Waals surface area contributed by atoms with Crippen LogP contribution in [0.3, 0.4) is 0 Å². The Morgan fingerprint density at radius 2 is 1.26 bits per heavy atom. The van der Waals surface area contributed by atoms with E-state index in [1.165, 1.54) is 20.8 Å². The van der Waals surface area contributed by atoms with Gasteiger partial charge in [0.25, 0.3) is 11.8 Å². The molecule has 23 heavy (non-hydrogen) atoms. The molecule has 1 aromatic rings. The van der Waals surface area contributed by atoms with Crippen LogP contribution < -0.4 is 0 Å². The Morgan fingerprint density at radius 3 is 1.52 bits per heavy atom. The Hall–Kier alpha value is -2.45. The van der Waals surface area contributed by atoms with Crippen molar-refractivity contribution in [1.29, 1.82) is 0 Å². The lowest BCUT2D eigenvalue weighted by molar-refractivity contribution is -0.145. The normalized spacial score (nSPS) is 15.9. The zero-order valence-corrected chi connectivity index (χ0v) is 12.2. The number of halogens is 4. The molecular weight excluding hydrogens is 322 g/mol. The highest BCUT2D eigenvalue weighted by Crippen LogP contribution is 2.36. The molecule has 5 nitrogen and oxygen atoms in total. The predicted molar refractivity (Wildman–Crippen MR) is 67.7 cm³/mol. The van der Waals surface area contributed by atoms with Crippen LogP contribution in [-0.4, -0.2) is 33.8 Å². The van der Waals surface area contributed by atoms with Gasteiger partial charge < -0.3 is 5.11 Å². The van der Waals surface area contributed by atoms with E-state index in [2.05, 4.69) is 0 Å². The van der Waals surface area contributed by atoms with Crippen LogP contribution >= 0.6 is 0 Å². The quantitative estimate of drug-likeness (QED) is 0.390. The highest BCUT2D eigenvalue weighted by Gasteiger charge is 2.51. The molecule has 1 heterocycles. The fourth-order valence-corrected chi connectivity index (χ4v) is 2.47. The van der Waals surface area contributed by atoms with E-state index in [9.17, 15) is 37.1 Å². The van der Waals surface area contributed by atoms with Crippen LogP contribution in [-0.2, 0) is 4.79 Å². The van der Waals surface area contributed by atoms with Crippen LogP contribution in [0, 0.1) is 28.7 Å². The third-order valence-corrected chi connectivity index (χ3v) is 3.44. The number of carboxylic acids is 1. The Morgan fingerprint density at radius 1 is 0.913 bits per heavy atom. The Bertz CT molecular complexity index is 707. The summed E-state index contributed by atoms with van der Waals surface area (Å²) in [4.78, 5) is 35.9. The standard InChI is InChI=1S/C14H11F4NO4/c1-14(2,3)10(13(22)23)19-11(20)4-5(12(19)21)7(16)9(18)8(17)6(4)15/h10H,1-3H3,(H,22,23)/t10-/m0/s1. The van der Waals surface area contributed by atoms with E-state index >= 15 is 0 Å². The molecule has 0 fully saturated rings. The van der Waals surface area contributed by atoms with Crippen molar-refractivity contribution in [3.05, 3.63) is 34.4 Å². The van der Waals surface area contributed by atoms with Crippen LogP contribution in [0.1, 0.15) is 41.5 Å². The van der Waals surface area contributed by atoms with Crippen molar-refractivity contribution < 1.29 is 37.1 Å². The molecule has 1 aliphatic rings. The summed E-state index contributed by atoms with van der Waals surface area (Å²) in [5, 5.41) is 9.25. The van der Waals surface area contributed by atoms with Crippen molar-refractivity contribution in [2.24, 2.45) is 5.41 Å². The molecule has 1 atom stereocenters. The van der Waals surface area contributed by atoms with Gasteiger partial charge in [0.05, 0.1) is 11.1 Å². The van der Waals surface area contributed by atoms with Gasteiger partial charge in [-0.2, -0.15) is 0 Å². The van der Waals surface area contributed by atoms with E-state index in [-0.39, 0.29) is 4.90 Å². The lowest BCUT2D eigenvalue weighted by Gasteiger charge is -2.33. The number of hydrogen-bond donors (Lipinski definition) is 1. The fourth-order valence-electron chi connectivity index (χ4n) is 2.47. The Labute approximate surface area is 127 Å². The van der Waals surface area contributed by atoms with Gasteiger partial charge in [-0.1, -0.05) is 20.8 Å². The molecule has 0 spiro atoms. The molecule has 2 rings (SSSR count). The first-order valence-electron chi connectivity index (χ1n) is 6.37. The van der Waals surface area contributed by atoms with Crippen molar-refractivity contribution in [2.75, 3.05) is 0 Å². The molecule has 0 saturated heterocycles. The summed E-state index contributed by atoms with van der Waals surface area (Å²) in [7, 11) is 0. The largest absolute Gasteiger partial charge is 0.480 e. The minimum Gasteiger partial charge on any atom is -0.480 e. The minimum atomic E-state index is -2.24. The zero-order chi connectivity index (χ0) is 17.9. The maximum absolute atomic E-state index is 13.8. The van der Waals surface area contributed by atoms with Crippen LogP contribution in [0.2, 0.25) is 0 Å². The van der Waals surface area contributed by atoms with Crippen molar-refractivity contribution in [3.8, 4) is 0 Å². The molecule has 0 saturated carbocycles. The lowest BCUT2D eigenvalue weighted by Crippen LogP contribution is -2.52. The molecule has 1 N–H and O–H groups in total. The maximum Gasteiger partial charge on any atom is 0.327 e. The summed E-state index contributed by atoms with van der Waals surface area (Å²) >= 11 is 0. The third kappa shape index (κ3) is 2.27. The molecule has 1 aromatic carbocycles. The smallest absolute Gasteiger partial charge is 0.327 e. The summed E-state index contributed by atoms with van der Waals surface area (Å²) in [6.07, 6.45) is 0. The fraction of sp³-hybridized carbons (Fsp3) is 0.357. The number of fused-ring (bicyclic) bond motifs is 1. The highest BCUT2D eigenvalue weighted by molar-refractivity contribution is 6.23. The average Bonchev–Trinajstić information content (AvgIpc) is 2.66. The molecule has 0 bridgehead atoms. The van der Waals surface area contributed by atoms with E-state index < -0.39 is 63.6 Å². The van der Waals surface area contributed by atoms with E-state index in [0.717, 1.165) is 0 Å². The van der Waals surface area contributed by atoms with Crippen molar-refractivity contribution in [3.63, 3.8) is 0 Å². The molecule has 0 radical (unpaired) electrons. The van der Waals surface area contributed by atoms with E-state index in [1.54, 1.807) is 0 Å². The molecule has 2 amide bonds. The van der Waals surface area contributed by atoms with Crippen LogP contribution in [0.25, 0.3) is 0 Å². The van der Waals surface area contributed by atoms with Crippen LogP contribution in [0.5, 0.6) is 0 Å². The third-order valence-electron chi connectivity index (χ3n) is 3.44. The number of rotatable bonds is 2. The molecule has 124 valence electrons. The van der Waals surface area contributed by atoms with Crippen molar-refractivity contribution >= 4 is 17.8 Å². The number of aliphatic carboxylic acids is 1. The van der Waals surface area contributed by atoms with Gasteiger partial charge in [-0.25, -0.2) is 22.4 Å². The van der Waals surface area contributed by atoms with Gasteiger partial charge in [-0.05, 0) is 5.41 Å². The van der Waals surface area contributed by atoms with Gasteiger partial charge in [-0.3, -0.25) is 14.5 Å². The van der Waals surface area contributed by atoms with Gasteiger partial charge in [-0.15, -0.1) is 0 Å². The number of carbonyl (C=O) groups is 3. The van der Waals surface area contributed by atoms with Gasteiger partial charge >= 0.3 is 5.97 Å². The Balaban J connectivity index is 2.74. The lowest BCUT2D eigenvalue weighted by atomic mass is 9.85. The minimum absolute atomic E-state index is 0.109. The van der Waals surface area contributed by atoms with Crippen LogP contribution in [0.15, 0.2) is 0 Å². The summed E-state index contributed by atoms with van der Waals surface area (Å²) < 4.78 is 54.1. The average molecular weight is 333 g/mol. The summed E-state index contributed by atoms with van der Waals surface area (Å²) in [6.45, 7) is 4.13. The number of imide groups is 1. The maximum atomic E-state index is 13.8. The number of amides is 2. The number of benzene rings is 1. The molecule has 1 aliphatic heterocycles. The summed E-state index contributed by atoms with van der Waals surface area (Å²) in [5.74, 6) is -13.2. The first-order valence-corrected chi connectivity index (χ1v) is 6.37. The highest BCUT2D eigenvalue weighted by atomic mass is 19.2. The Kier molecular flexibility index (Phi) is 3.70. The summed E-state index contributed by atoms with van der Waals surface area (Å²) in [6, 6.07) is -1.78. The van der Waals surface area contributed by atoms with Gasteiger partial charge in [0.2, 0.25) is 0 Å². The molecule has 0 unspecified atom stereocenters. The van der Waals surface area contributed by atoms with E-state index in [4.69, 9.17) is 0 Å². The SMILES string of the molecule is CC(C)(C)[C@H](C(=O)O)N1C(=O)c2c(F)c(F)c(F)c(F)c2C1=O. The van der Waals surface area contributed by atoms with Gasteiger partial charge in [0, 0.05) is 0 Å².